The maximum atomic E-state index is 15.1. The summed E-state index contributed by atoms with van der Waals surface area (Å²) in [5, 5.41) is 16.2. The first-order chi connectivity index (χ1) is 17.0. The van der Waals surface area contributed by atoms with Gasteiger partial charge in [-0.2, -0.15) is 15.4 Å². The monoisotopic (exact) mass is 478 g/mol. The first-order valence-corrected chi connectivity index (χ1v) is 11.1. The molecule has 3 aromatic rings. The van der Waals surface area contributed by atoms with Crippen molar-refractivity contribution in [1.82, 2.24) is 26.0 Å². The molecule has 0 spiro atoms. The number of H-pyrrole nitrogens is 1. The number of carbonyl (C=O) groups excluding carboxylic acids is 2. The third-order valence-electron chi connectivity index (χ3n) is 5.69. The number of ether oxygens (including phenoxy) is 2. The largest absolute Gasteiger partial charge is 0.471 e. The van der Waals surface area contributed by atoms with Crippen molar-refractivity contribution in [1.29, 1.82) is 0 Å². The number of aromatic amines is 1. The highest BCUT2D eigenvalue weighted by Gasteiger charge is 2.32. The molecule has 0 bridgehead atoms. The Morgan fingerprint density at radius 2 is 2.14 bits per heavy atom. The van der Waals surface area contributed by atoms with Gasteiger partial charge in [0.2, 0.25) is 5.91 Å². The Hall–Kier alpha value is -4.25. The number of anilines is 1. The lowest BCUT2D eigenvalue weighted by Gasteiger charge is -2.22. The van der Waals surface area contributed by atoms with Crippen LogP contribution in [-0.4, -0.2) is 52.8 Å². The SMILES string of the molecule is CC(=O)NCC1CN(c2ccc(-c3ccc4c(c3)C=CC(NCc3cn[nH]n3)O4)c(F)c2)C(=O)O1. The molecule has 11 heteroatoms. The van der Waals surface area contributed by atoms with Crippen molar-refractivity contribution in [3.8, 4) is 16.9 Å². The lowest BCUT2D eigenvalue weighted by molar-refractivity contribution is -0.119. The number of benzene rings is 2. The molecule has 10 nitrogen and oxygen atoms in total. The van der Waals surface area contributed by atoms with Crippen LogP contribution in [0.5, 0.6) is 5.75 Å². The first-order valence-electron chi connectivity index (χ1n) is 11.1. The van der Waals surface area contributed by atoms with Gasteiger partial charge in [0.25, 0.3) is 0 Å². The first kappa shape index (κ1) is 22.5. The minimum atomic E-state index is -0.574. The van der Waals surface area contributed by atoms with Crippen molar-refractivity contribution in [2.24, 2.45) is 0 Å². The Bertz CT molecular complexity index is 1280. The number of hydrogen-bond donors (Lipinski definition) is 3. The summed E-state index contributed by atoms with van der Waals surface area (Å²) in [4.78, 5) is 24.7. The maximum absolute atomic E-state index is 15.1. The van der Waals surface area contributed by atoms with E-state index in [0.717, 1.165) is 11.3 Å². The molecule has 1 saturated heterocycles. The number of carbonyl (C=O) groups is 2. The Morgan fingerprint density at radius 1 is 1.26 bits per heavy atom. The number of hydrogen-bond acceptors (Lipinski definition) is 7. The number of aromatic nitrogens is 3. The van der Waals surface area contributed by atoms with Gasteiger partial charge in [-0.3, -0.25) is 15.0 Å². The lowest BCUT2D eigenvalue weighted by Crippen LogP contribution is -2.33. The summed E-state index contributed by atoms with van der Waals surface area (Å²) < 4.78 is 26.3. The second-order valence-electron chi connectivity index (χ2n) is 8.21. The van der Waals surface area contributed by atoms with E-state index in [1.54, 1.807) is 30.5 Å². The number of halogens is 1. The van der Waals surface area contributed by atoms with Crippen molar-refractivity contribution in [3.63, 3.8) is 0 Å². The van der Waals surface area contributed by atoms with Crippen LogP contribution in [0.2, 0.25) is 0 Å². The summed E-state index contributed by atoms with van der Waals surface area (Å²) in [6.07, 6.45) is 4.05. The van der Waals surface area contributed by atoms with E-state index in [9.17, 15) is 9.59 Å². The second-order valence-corrected chi connectivity index (χ2v) is 8.21. The van der Waals surface area contributed by atoms with Crippen LogP contribution < -0.4 is 20.3 Å². The predicted molar refractivity (Wildman–Crippen MR) is 125 cm³/mol. The van der Waals surface area contributed by atoms with Crippen molar-refractivity contribution >= 4 is 23.8 Å². The molecular formula is C24H23FN6O4. The number of fused-ring (bicyclic) bond motifs is 1. The van der Waals surface area contributed by atoms with E-state index < -0.39 is 18.0 Å². The third-order valence-corrected chi connectivity index (χ3v) is 5.69. The molecule has 2 aliphatic heterocycles. The molecule has 1 aromatic heterocycles. The van der Waals surface area contributed by atoms with E-state index in [2.05, 4.69) is 26.0 Å². The Morgan fingerprint density at radius 3 is 2.91 bits per heavy atom. The molecule has 180 valence electrons. The zero-order valence-electron chi connectivity index (χ0n) is 18.8. The summed E-state index contributed by atoms with van der Waals surface area (Å²) in [7, 11) is 0. The Kier molecular flexibility index (Phi) is 6.15. The van der Waals surface area contributed by atoms with Gasteiger partial charge in [0, 0.05) is 24.6 Å². The van der Waals surface area contributed by atoms with Gasteiger partial charge >= 0.3 is 6.09 Å². The van der Waals surface area contributed by atoms with E-state index in [-0.39, 0.29) is 25.2 Å². The average molecular weight is 478 g/mol. The summed E-state index contributed by atoms with van der Waals surface area (Å²) in [6.45, 7) is 2.32. The predicted octanol–water partition coefficient (Wildman–Crippen LogP) is 2.59. The molecular weight excluding hydrogens is 455 g/mol. The van der Waals surface area contributed by atoms with Gasteiger partial charge in [0.05, 0.1) is 30.7 Å². The number of amides is 2. The zero-order chi connectivity index (χ0) is 24.4. The molecule has 5 rings (SSSR count). The van der Waals surface area contributed by atoms with Gasteiger partial charge in [-0.25, -0.2) is 9.18 Å². The summed E-state index contributed by atoms with van der Waals surface area (Å²) in [5.41, 5.74) is 3.08. The highest BCUT2D eigenvalue weighted by molar-refractivity contribution is 5.90. The highest BCUT2D eigenvalue weighted by Crippen LogP contribution is 2.33. The second kappa shape index (κ2) is 9.55. The van der Waals surface area contributed by atoms with Crippen molar-refractivity contribution in [2.75, 3.05) is 18.0 Å². The normalized spacial score (nSPS) is 18.7. The van der Waals surface area contributed by atoms with Crippen molar-refractivity contribution in [3.05, 3.63) is 65.7 Å². The molecule has 3 N–H and O–H groups in total. The van der Waals surface area contributed by atoms with E-state index in [1.165, 1.54) is 17.9 Å². The molecule has 3 heterocycles. The van der Waals surface area contributed by atoms with Crippen LogP contribution in [0.1, 0.15) is 18.2 Å². The zero-order valence-corrected chi connectivity index (χ0v) is 18.8. The van der Waals surface area contributed by atoms with Crippen LogP contribution in [-0.2, 0) is 16.1 Å². The lowest BCUT2D eigenvalue weighted by atomic mass is 10.00. The van der Waals surface area contributed by atoms with Gasteiger partial charge in [0.1, 0.15) is 17.7 Å². The molecule has 2 amide bonds. The van der Waals surface area contributed by atoms with Crippen molar-refractivity contribution in [2.45, 2.75) is 25.8 Å². The van der Waals surface area contributed by atoms with E-state index in [1.807, 2.05) is 18.2 Å². The van der Waals surface area contributed by atoms with E-state index in [4.69, 9.17) is 9.47 Å². The molecule has 0 radical (unpaired) electrons. The van der Waals surface area contributed by atoms with Gasteiger partial charge in [-0.05, 0) is 42.0 Å². The average Bonchev–Trinajstić information content (AvgIpc) is 3.50. The fourth-order valence-corrected chi connectivity index (χ4v) is 3.95. The van der Waals surface area contributed by atoms with Gasteiger partial charge < -0.3 is 14.8 Å². The van der Waals surface area contributed by atoms with Gasteiger partial charge in [-0.15, -0.1) is 0 Å². The molecule has 0 saturated carbocycles. The number of nitrogens with zero attached hydrogens (tertiary/aromatic N) is 3. The number of nitrogens with one attached hydrogen (secondary N) is 3. The third kappa shape index (κ3) is 4.99. The van der Waals surface area contributed by atoms with Crippen LogP contribution in [0, 0.1) is 5.82 Å². The Balaban J connectivity index is 1.27. The fourth-order valence-electron chi connectivity index (χ4n) is 3.95. The maximum Gasteiger partial charge on any atom is 0.414 e. The number of rotatable bonds is 7. The van der Waals surface area contributed by atoms with Crippen LogP contribution >= 0.6 is 0 Å². The smallest absolute Gasteiger partial charge is 0.414 e. The molecule has 35 heavy (non-hydrogen) atoms. The van der Waals surface area contributed by atoms with Crippen LogP contribution in [0.15, 0.2) is 48.7 Å². The van der Waals surface area contributed by atoms with Crippen LogP contribution in [0.4, 0.5) is 14.9 Å². The minimum Gasteiger partial charge on any atom is -0.471 e. The highest BCUT2D eigenvalue weighted by atomic mass is 19.1. The van der Waals surface area contributed by atoms with Gasteiger partial charge in [-0.1, -0.05) is 12.1 Å². The molecule has 2 unspecified atom stereocenters. The molecule has 0 aliphatic carbocycles. The standard InChI is InChI=1S/C24H23FN6O4/c1-14(32)26-12-19-13-31(24(33)34-19)18-4-5-20(21(25)9-18)15-2-6-22-16(8-15)3-7-23(35-22)27-10-17-11-28-30-29-17/h2-9,11,19,23,27H,10,12-13H2,1H3,(H,26,32)(H,28,29,30). The van der Waals surface area contributed by atoms with E-state index in [0.29, 0.717) is 29.1 Å². The summed E-state index contributed by atoms with van der Waals surface area (Å²) in [5.74, 6) is 0.00269. The van der Waals surface area contributed by atoms with Crippen LogP contribution in [0.3, 0.4) is 0 Å². The topological polar surface area (TPSA) is 121 Å². The quantitative estimate of drug-likeness (QED) is 0.477. The summed E-state index contributed by atoms with van der Waals surface area (Å²) in [6, 6.07) is 10.1. The molecule has 2 atom stereocenters. The fraction of sp³-hybridized carbons (Fsp3) is 0.250. The molecule has 1 fully saturated rings. The van der Waals surface area contributed by atoms with Crippen molar-refractivity contribution < 1.29 is 23.5 Å². The van der Waals surface area contributed by atoms with Crippen LogP contribution in [0.25, 0.3) is 17.2 Å². The van der Waals surface area contributed by atoms with Gasteiger partial charge in [0.15, 0.2) is 6.23 Å². The minimum absolute atomic E-state index is 0.208. The van der Waals surface area contributed by atoms with E-state index >= 15 is 4.39 Å². The number of cyclic esters (lactones) is 1. The molecule has 2 aliphatic rings. The summed E-state index contributed by atoms with van der Waals surface area (Å²) >= 11 is 0. The molecule has 2 aromatic carbocycles. The Labute approximate surface area is 200 Å².